The number of thiophene rings is 2. The number of benzene rings is 2. The van der Waals surface area contributed by atoms with Crippen molar-refractivity contribution < 1.29 is 18.9 Å². The third-order valence-corrected chi connectivity index (χ3v) is 13.8. The smallest absolute Gasteiger partial charge is 0.226 e. The minimum atomic E-state index is -0.935. The minimum absolute atomic E-state index is 0.00540. The molecule has 2 aromatic carbocycles. The maximum atomic E-state index is 7.45. The summed E-state index contributed by atoms with van der Waals surface area (Å²) < 4.78 is 27.8. The van der Waals surface area contributed by atoms with Crippen LogP contribution in [0.1, 0.15) is 138 Å². The molecule has 2 spiro atoms. The molecule has 0 N–H and O–H groups in total. The van der Waals surface area contributed by atoms with E-state index in [2.05, 4.69) is 126 Å². The van der Waals surface area contributed by atoms with Crippen molar-refractivity contribution in [1.82, 2.24) is 0 Å². The van der Waals surface area contributed by atoms with Crippen molar-refractivity contribution in [1.29, 1.82) is 0 Å². The van der Waals surface area contributed by atoms with E-state index in [1.165, 1.54) is 52.9 Å². The van der Waals surface area contributed by atoms with E-state index in [0.717, 1.165) is 16.7 Å². The summed E-state index contributed by atoms with van der Waals surface area (Å²) in [5.41, 5.74) is 10.5. The summed E-state index contributed by atoms with van der Waals surface area (Å²) in [4.78, 5) is 5.32. The predicted molar refractivity (Wildman–Crippen MR) is 198 cm³/mol. The van der Waals surface area contributed by atoms with Crippen LogP contribution < -0.4 is 0 Å². The number of hydrogen-bond donors (Lipinski definition) is 0. The van der Waals surface area contributed by atoms with Crippen LogP contribution in [0.15, 0.2) is 42.5 Å². The van der Waals surface area contributed by atoms with E-state index in [4.69, 9.17) is 18.9 Å². The van der Waals surface area contributed by atoms with Gasteiger partial charge in [-0.1, -0.05) is 101 Å². The first-order valence-electron chi connectivity index (χ1n) is 17.5. The quantitative estimate of drug-likeness (QED) is 0.200. The van der Waals surface area contributed by atoms with Crippen molar-refractivity contribution in [2.45, 2.75) is 122 Å². The molecule has 1 unspecified atom stereocenters. The lowest BCUT2D eigenvalue weighted by Crippen LogP contribution is -2.28. The predicted octanol–water partition coefficient (Wildman–Crippen LogP) is 11.2. The van der Waals surface area contributed by atoms with Crippen molar-refractivity contribution in [2.24, 2.45) is 0 Å². The maximum Gasteiger partial charge on any atom is 0.226 e. The van der Waals surface area contributed by atoms with Crippen LogP contribution >= 0.6 is 22.7 Å². The van der Waals surface area contributed by atoms with Crippen LogP contribution in [-0.2, 0) is 52.2 Å². The Hall–Kier alpha value is -2.32. The van der Waals surface area contributed by atoms with Crippen LogP contribution in [0.25, 0.3) is 20.9 Å². The highest BCUT2D eigenvalue weighted by Crippen LogP contribution is 2.63. The Morgan fingerprint density at radius 2 is 1.10 bits per heavy atom. The maximum absolute atomic E-state index is 7.45. The molecule has 6 heteroatoms. The molecule has 2 aromatic heterocycles. The summed E-state index contributed by atoms with van der Waals surface area (Å²) in [6.07, 6.45) is -0.275. The molecule has 2 aliphatic heterocycles. The lowest BCUT2D eigenvalue weighted by molar-refractivity contribution is -0.139. The van der Waals surface area contributed by atoms with Gasteiger partial charge in [-0.25, -0.2) is 0 Å². The molecule has 8 rings (SSSR count). The lowest BCUT2D eigenvalue weighted by atomic mass is 9.82. The molecule has 0 radical (unpaired) electrons. The zero-order chi connectivity index (χ0) is 34.4. The van der Waals surface area contributed by atoms with Gasteiger partial charge in [0.05, 0.1) is 29.6 Å². The average Bonchev–Trinajstić information content (AvgIpc) is 3.81. The zero-order valence-electron chi connectivity index (χ0n) is 30.7. The van der Waals surface area contributed by atoms with Gasteiger partial charge in [0.2, 0.25) is 11.6 Å². The summed E-state index contributed by atoms with van der Waals surface area (Å²) >= 11 is 3.81. The fraction of sp³-hybridized carbons (Fsp3) is 0.524. The molecule has 4 nitrogen and oxygen atoms in total. The summed E-state index contributed by atoms with van der Waals surface area (Å²) in [5.74, 6) is -1.85. The van der Waals surface area contributed by atoms with Crippen LogP contribution in [0, 0.1) is 0 Å². The molecule has 4 aliphatic rings. The Labute approximate surface area is 294 Å². The van der Waals surface area contributed by atoms with Gasteiger partial charge >= 0.3 is 0 Å². The summed E-state index contributed by atoms with van der Waals surface area (Å²) in [5, 5.41) is 0. The zero-order valence-corrected chi connectivity index (χ0v) is 32.3. The topological polar surface area (TPSA) is 36.9 Å². The first-order chi connectivity index (χ1) is 22.2. The molecule has 2 aliphatic carbocycles. The van der Waals surface area contributed by atoms with E-state index < -0.39 is 11.6 Å². The molecule has 0 bridgehead atoms. The molecule has 0 amide bonds. The van der Waals surface area contributed by atoms with Gasteiger partial charge < -0.3 is 18.9 Å². The Kier molecular flexibility index (Phi) is 6.94. The molecular weight excluding hydrogens is 633 g/mol. The van der Waals surface area contributed by atoms with Crippen molar-refractivity contribution in [3.8, 4) is 20.9 Å². The van der Waals surface area contributed by atoms with Gasteiger partial charge in [-0.3, -0.25) is 0 Å². The van der Waals surface area contributed by atoms with E-state index in [0.29, 0.717) is 19.8 Å². The number of hydrogen-bond acceptors (Lipinski definition) is 6. The second-order valence-corrected chi connectivity index (χ2v) is 20.4. The lowest BCUT2D eigenvalue weighted by Gasteiger charge is -2.29. The molecule has 2 saturated heterocycles. The van der Waals surface area contributed by atoms with Crippen molar-refractivity contribution in [3.63, 3.8) is 0 Å². The average molecular weight is 683 g/mol. The number of ether oxygens (including phenoxy) is 4. The van der Waals surface area contributed by atoms with Crippen LogP contribution in [0.4, 0.5) is 0 Å². The summed E-state index contributed by atoms with van der Waals surface area (Å²) in [6, 6.07) is 16.3. The molecule has 254 valence electrons. The van der Waals surface area contributed by atoms with E-state index in [1.54, 1.807) is 0 Å². The Balaban J connectivity index is 1.33. The van der Waals surface area contributed by atoms with Gasteiger partial charge in [-0.05, 0) is 73.7 Å². The highest BCUT2D eigenvalue weighted by atomic mass is 32.1. The first kappa shape index (κ1) is 32.9. The largest absolute Gasteiger partial charge is 0.340 e. The second kappa shape index (κ2) is 10.1. The van der Waals surface area contributed by atoms with E-state index in [-0.39, 0.29) is 27.8 Å². The summed E-state index contributed by atoms with van der Waals surface area (Å²) in [7, 11) is 0. The van der Waals surface area contributed by atoms with E-state index in [1.807, 2.05) is 22.7 Å². The third kappa shape index (κ3) is 4.66. The first-order valence-corrected chi connectivity index (χ1v) is 19.1. The standard InChI is InChI=1S/C42H50O4S2/c1-37(2,3)23-13-14-25-27(18-23)41(43-15-16-44-41)28-19-24(38(4,5)6)17-26(34(25)28)31-22-45-42(46-31)29-20-32(39(7,8)9)47-35(29)36-30(42)21-33(48-36)40(10,11)12/h13-14,17-21,31H,15-16,22H2,1-12H3. The van der Waals surface area contributed by atoms with Crippen LogP contribution in [0.5, 0.6) is 0 Å². The molecule has 1 atom stereocenters. The Bertz CT molecular complexity index is 1900. The molecule has 4 heterocycles. The molecule has 2 fully saturated rings. The third-order valence-electron chi connectivity index (χ3n) is 10.5. The van der Waals surface area contributed by atoms with Crippen LogP contribution in [0.2, 0.25) is 0 Å². The highest BCUT2D eigenvalue weighted by molar-refractivity contribution is 7.22. The molecule has 4 aromatic rings. The number of fused-ring (bicyclic) bond motifs is 10. The highest BCUT2D eigenvalue weighted by Gasteiger charge is 2.56. The van der Waals surface area contributed by atoms with Gasteiger partial charge in [-0.15, -0.1) is 22.7 Å². The van der Waals surface area contributed by atoms with Gasteiger partial charge in [-0.2, -0.15) is 0 Å². The fourth-order valence-corrected chi connectivity index (χ4v) is 10.3. The minimum Gasteiger partial charge on any atom is -0.340 e. The van der Waals surface area contributed by atoms with Gasteiger partial charge in [0.25, 0.3) is 0 Å². The second-order valence-electron chi connectivity index (χ2n) is 18.3. The number of rotatable bonds is 1. The summed E-state index contributed by atoms with van der Waals surface area (Å²) in [6.45, 7) is 29.0. The van der Waals surface area contributed by atoms with E-state index >= 15 is 0 Å². The van der Waals surface area contributed by atoms with Crippen LogP contribution in [0.3, 0.4) is 0 Å². The molecular formula is C42H50O4S2. The Morgan fingerprint density at radius 1 is 0.562 bits per heavy atom. The SMILES string of the molecule is CC(C)(C)c1ccc2c(c1)C1(OCCO1)c1cc(C(C)(C)C)cc(C3COC4(O3)c3cc(C(C)(C)C)sc3-c3sc(C(C)(C)C)cc34)c1-2. The van der Waals surface area contributed by atoms with Crippen LogP contribution in [-0.4, -0.2) is 19.8 Å². The Morgan fingerprint density at radius 3 is 1.62 bits per heavy atom. The van der Waals surface area contributed by atoms with Crippen molar-refractivity contribution in [2.75, 3.05) is 19.8 Å². The van der Waals surface area contributed by atoms with Gasteiger partial charge in [0.15, 0.2) is 0 Å². The monoisotopic (exact) mass is 682 g/mol. The molecule has 0 saturated carbocycles. The normalized spacial score (nSPS) is 20.9. The van der Waals surface area contributed by atoms with Gasteiger partial charge in [0.1, 0.15) is 6.10 Å². The van der Waals surface area contributed by atoms with Crippen molar-refractivity contribution in [3.05, 3.63) is 91.2 Å². The van der Waals surface area contributed by atoms with Crippen molar-refractivity contribution >= 4 is 22.7 Å². The van der Waals surface area contributed by atoms with E-state index in [9.17, 15) is 0 Å². The van der Waals surface area contributed by atoms with Gasteiger partial charge in [0, 0.05) is 32.0 Å². The molecule has 48 heavy (non-hydrogen) atoms. The fourth-order valence-electron chi connectivity index (χ4n) is 7.67.